The minimum Gasteiger partial charge on any atom is -0.337 e. The van der Waals surface area contributed by atoms with Crippen LogP contribution in [0, 0.1) is 19.8 Å². The number of halogens is 1. The lowest BCUT2D eigenvalue weighted by Gasteiger charge is -2.32. The second kappa shape index (κ2) is 8.74. The van der Waals surface area contributed by atoms with Gasteiger partial charge in [-0.2, -0.15) is 0 Å². The standard InChI is InChI=1S/C24H33BrN4O/c1-5-10-27(15-18-8-7-9-18)23(30)22-20(6-2)26-24-28(11-12-29(22)24)21-17(4)13-16(3)14-19(21)25/h13-14,18H,5-12,15H2,1-4H3. The summed E-state index contributed by atoms with van der Waals surface area (Å²) in [5.74, 6) is 1.75. The second-order valence-electron chi connectivity index (χ2n) is 8.82. The third kappa shape index (κ3) is 3.79. The zero-order chi connectivity index (χ0) is 21.4. The molecule has 4 rings (SSSR count). The quantitative estimate of drug-likeness (QED) is 0.524. The van der Waals surface area contributed by atoms with E-state index >= 15 is 0 Å². The minimum atomic E-state index is 0.167. The number of hydrogen-bond donors (Lipinski definition) is 0. The zero-order valence-electron chi connectivity index (χ0n) is 18.7. The number of hydrogen-bond acceptors (Lipinski definition) is 3. The van der Waals surface area contributed by atoms with Crippen LogP contribution in [0.1, 0.15) is 66.8 Å². The molecule has 0 atom stereocenters. The highest BCUT2D eigenvalue weighted by Crippen LogP contribution is 2.39. The van der Waals surface area contributed by atoms with Gasteiger partial charge in [0.1, 0.15) is 5.69 Å². The van der Waals surface area contributed by atoms with Crippen LogP contribution in [0.5, 0.6) is 0 Å². The lowest BCUT2D eigenvalue weighted by atomic mass is 9.85. The number of carbonyl (C=O) groups is 1. The molecule has 0 spiro atoms. The summed E-state index contributed by atoms with van der Waals surface area (Å²) in [6.07, 6.45) is 5.58. The highest BCUT2D eigenvalue weighted by Gasteiger charge is 2.34. The maximum atomic E-state index is 13.7. The summed E-state index contributed by atoms with van der Waals surface area (Å²) in [7, 11) is 0. The van der Waals surface area contributed by atoms with E-state index in [-0.39, 0.29) is 5.91 Å². The van der Waals surface area contributed by atoms with E-state index in [9.17, 15) is 4.79 Å². The molecule has 5 nitrogen and oxygen atoms in total. The van der Waals surface area contributed by atoms with Crippen LogP contribution in [-0.4, -0.2) is 40.0 Å². The van der Waals surface area contributed by atoms with Crippen LogP contribution in [0.15, 0.2) is 16.6 Å². The zero-order valence-corrected chi connectivity index (χ0v) is 20.3. The Morgan fingerprint density at radius 2 is 2.00 bits per heavy atom. The van der Waals surface area contributed by atoms with Crippen LogP contribution in [-0.2, 0) is 13.0 Å². The van der Waals surface area contributed by atoms with Crippen molar-refractivity contribution in [1.82, 2.24) is 14.5 Å². The lowest BCUT2D eigenvalue weighted by Crippen LogP contribution is -2.39. The van der Waals surface area contributed by atoms with E-state index in [1.807, 2.05) is 0 Å². The highest BCUT2D eigenvalue weighted by molar-refractivity contribution is 9.10. The van der Waals surface area contributed by atoms with Gasteiger partial charge in [-0.3, -0.25) is 4.79 Å². The van der Waals surface area contributed by atoms with Crippen LogP contribution in [0.3, 0.4) is 0 Å². The Balaban J connectivity index is 1.70. The number of fused-ring (bicyclic) bond motifs is 1. The molecule has 1 aliphatic heterocycles. The van der Waals surface area contributed by atoms with E-state index < -0.39 is 0 Å². The predicted octanol–water partition coefficient (Wildman–Crippen LogP) is 5.63. The van der Waals surface area contributed by atoms with Crippen molar-refractivity contribution in [3.8, 4) is 0 Å². The number of imidazole rings is 1. The number of benzene rings is 1. The Morgan fingerprint density at radius 1 is 1.23 bits per heavy atom. The van der Waals surface area contributed by atoms with E-state index in [2.05, 4.69) is 70.1 Å². The SMILES string of the molecule is CCCN(CC1CCC1)C(=O)c1c(CC)nc2n1CCN2c1c(C)cc(C)cc1Br. The normalized spacial score (nSPS) is 16.0. The first-order chi connectivity index (χ1) is 14.4. The van der Waals surface area contributed by atoms with Crippen molar-refractivity contribution in [2.75, 3.05) is 24.5 Å². The Hall–Kier alpha value is -1.82. The molecule has 6 heteroatoms. The molecule has 1 fully saturated rings. The molecule has 1 saturated carbocycles. The van der Waals surface area contributed by atoms with Crippen molar-refractivity contribution >= 4 is 33.5 Å². The molecule has 162 valence electrons. The number of aromatic nitrogens is 2. The van der Waals surface area contributed by atoms with Gasteiger partial charge in [-0.25, -0.2) is 4.98 Å². The Morgan fingerprint density at radius 3 is 2.60 bits per heavy atom. The van der Waals surface area contributed by atoms with Crippen molar-refractivity contribution in [2.24, 2.45) is 5.92 Å². The van der Waals surface area contributed by atoms with Crippen LogP contribution in [0.4, 0.5) is 11.6 Å². The fourth-order valence-electron chi connectivity index (χ4n) is 4.84. The third-order valence-electron chi connectivity index (χ3n) is 6.50. The first kappa shape index (κ1) is 21.4. The van der Waals surface area contributed by atoms with Gasteiger partial charge in [-0.05, 0) is 78.6 Å². The molecule has 0 radical (unpaired) electrons. The maximum Gasteiger partial charge on any atom is 0.272 e. The van der Waals surface area contributed by atoms with Gasteiger partial charge < -0.3 is 14.4 Å². The summed E-state index contributed by atoms with van der Waals surface area (Å²) in [4.78, 5) is 23.0. The van der Waals surface area contributed by atoms with Crippen LogP contribution in [0.25, 0.3) is 0 Å². The van der Waals surface area contributed by atoms with Gasteiger partial charge in [0.25, 0.3) is 5.91 Å². The fourth-order valence-corrected chi connectivity index (χ4v) is 5.73. The molecule has 1 aromatic carbocycles. The Bertz CT molecular complexity index is 924. The van der Waals surface area contributed by atoms with E-state index in [4.69, 9.17) is 4.98 Å². The molecule has 1 aromatic heterocycles. The summed E-state index contributed by atoms with van der Waals surface area (Å²) < 4.78 is 3.25. The molecule has 1 aliphatic carbocycles. The number of carbonyl (C=O) groups excluding carboxylic acids is 1. The molecule has 0 bridgehead atoms. The van der Waals surface area contributed by atoms with Crippen LogP contribution >= 0.6 is 15.9 Å². The summed E-state index contributed by atoms with van der Waals surface area (Å²) >= 11 is 3.76. The number of amides is 1. The van der Waals surface area contributed by atoms with Gasteiger partial charge in [0.05, 0.1) is 11.4 Å². The second-order valence-corrected chi connectivity index (χ2v) is 9.68. The molecule has 30 heavy (non-hydrogen) atoms. The molecular weight excluding hydrogens is 440 g/mol. The predicted molar refractivity (Wildman–Crippen MR) is 126 cm³/mol. The molecule has 0 saturated heterocycles. The van der Waals surface area contributed by atoms with Crippen LogP contribution in [0.2, 0.25) is 0 Å². The minimum absolute atomic E-state index is 0.167. The molecule has 2 aromatic rings. The van der Waals surface area contributed by atoms with Crippen molar-refractivity contribution in [2.45, 2.75) is 66.3 Å². The van der Waals surface area contributed by atoms with Crippen LogP contribution < -0.4 is 4.90 Å². The Kier molecular flexibility index (Phi) is 6.24. The Labute approximate surface area is 188 Å². The smallest absolute Gasteiger partial charge is 0.272 e. The molecule has 2 heterocycles. The fraction of sp³-hybridized carbons (Fsp3) is 0.583. The largest absolute Gasteiger partial charge is 0.337 e. The average Bonchev–Trinajstić information content (AvgIpc) is 3.21. The van der Waals surface area contributed by atoms with Crippen molar-refractivity contribution in [3.63, 3.8) is 0 Å². The number of aryl methyl sites for hydroxylation is 3. The van der Waals surface area contributed by atoms with E-state index in [0.29, 0.717) is 5.92 Å². The molecule has 2 aliphatic rings. The molecule has 0 N–H and O–H groups in total. The van der Waals surface area contributed by atoms with Gasteiger partial charge in [-0.15, -0.1) is 0 Å². The molecule has 1 amide bonds. The monoisotopic (exact) mass is 472 g/mol. The average molecular weight is 473 g/mol. The summed E-state index contributed by atoms with van der Waals surface area (Å²) in [5.41, 5.74) is 5.36. The summed E-state index contributed by atoms with van der Waals surface area (Å²) in [6.45, 7) is 11.9. The van der Waals surface area contributed by atoms with Gasteiger partial charge >= 0.3 is 0 Å². The van der Waals surface area contributed by atoms with Crippen molar-refractivity contribution in [3.05, 3.63) is 39.1 Å². The summed E-state index contributed by atoms with van der Waals surface area (Å²) in [6, 6.07) is 4.36. The first-order valence-electron chi connectivity index (χ1n) is 11.4. The maximum absolute atomic E-state index is 13.7. The first-order valence-corrected chi connectivity index (χ1v) is 12.2. The van der Waals surface area contributed by atoms with Gasteiger partial charge in [0.15, 0.2) is 0 Å². The van der Waals surface area contributed by atoms with Gasteiger partial charge in [0, 0.05) is 30.7 Å². The number of rotatable bonds is 7. The topological polar surface area (TPSA) is 41.4 Å². The third-order valence-corrected chi connectivity index (χ3v) is 7.10. The summed E-state index contributed by atoms with van der Waals surface area (Å²) in [5, 5.41) is 0. The van der Waals surface area contributed by atoms with E-state index in [1.54, 1.807) is 0 Å². The van der Waals surface area contributed by atoms with Crippen molar-refractivity contribution < 1.29 is 4.79 Å². The van der Waals surface area contributed by atoms with Gasteiger partial charge in [-0.1, -0.05) is 26.3 Å². The van der Waals surface area contributed by atoms with E-state index in [0.717, 1.165) is 66.5 Å². The molecular formula is C24H33BrN4O. The van der Waals surface area contributed by atoms with E-state index in [1.165, 1.54) is 30.4 Å². The van der Waals surface area contributed by atoms with Gasteiger partial charge in [0.2, 0.25) is 5.95 Å². The lowest BCUT2D eigenvalue weighted by molar-refractivity contribution is 0.0684. The number of nitrogens with zero attached hydrogens (tertiary/aromatic N) is 4. The highest BCUT2D eigenvalue weighted by atomic mass is 79.9. The molecule has 0 unspecified atom stereocenters. The number of anilines is 2. The van der Waals surface area contributed by atoms with Crippen molar-refractivity contribution in [1.29, 1.82) is 0 Å².